The number of hydrogen-bond donors (Lipinski definition) is 0. The predicted octanol–water partition coefficient (Wildman–Crippen LogP) is 6.57. The SMILES string of the molecule is CCN(CC)CCN(C(=O)c1ccc(-c2ccccc2)cc1)c1nc2cc(C)cc(C)c2s1. The summed E-state index contributed by atoms with van der Waals surface area (Å²) in [6, 6.07) is 22.4. The number of amides is 1. The van der Waals surface area contributed by atoms with Gasteiger partial charge in [0.2, 0.25) is 0 Å². The molecule has 1 aromatic heterocycles. The van der Waals surface area contributed by atoms with Crippen LogP contribution in [-0.4, -0.2) is 42.0 Å². The molecule has 4 nitrogen and oxygen atoms in total. The number of thiazole rings is 1. The molecule has 0 radical (unpaired) electrons. The van der Waals surface area contributed by atoms with Crippen molar-refractivity contribution in [2.24, 2.45) is 0 Å². The van der Waals surface area contributed by atoms with Crippen LogP contribution in [0, 0.1) is 13.8 Å². The first-order valence-corrected chi connectivity index (χ1v) is 12.4. The third-order valence-electron chi connectivity index (χ3n) is 6.06. The monoisotopic (exact) mass is 457 g/mol. The number of fused-ring (bicyclic) bond motifs is 1. The zero-order valence-electron chi connectivity index (χ0n) is 19.8. The van der Waals surface area contributed by atoms with Crippen LogP contribution in [0.5, 0.6) is 0 Å². The van der Waals surface area contributed by atoms with Crippen molar-refractivity contribution in [1.82, 2.24) is 9.88 Å². The smallest absolute Gasteiger partial charge is 0.260 e. The molecule has 0 N–H and O–H groups in total. The summed E-state index contributed by atoms with van der Waals surface area (Å²) >= 11 is 1.61. The van der Waals surface area contributed by atoms with Gasteiger partial charge in [0.05, 0.1) is 10.2 Å². The third kappa shape index (κ3) is 5.15. The molecule has 0 atom stereocenters. The number of likely N-dealkylation sites (N-methyl/N-ethyl adjacent to an activating group) is 1. The van der Waals surface area contributed by atoms with Gasteiger partial charge in [-0.25, -0.2) is 4.98 Å². The molecule has 4 aromatic rings. The van der Waals surface area contributed by atoms with E-state index in [1.807, 2.05) is 47.4 Å². The van der Waals surface area contributed by atoms with Crippen LogP contribution < -0.4 is 4.90 Å². The van der Waals surface area contributed by atoms with E-state index in [2.05, 4.69) is 56.9 Å². The van der Waals surface area contributed by atoms with Crippen LogP contribution in [0.3, 0.4) is 0 Å². The van der Waals surface area contributed by atoms with Crippen molar-refractivity contribution in [2.75, 3.05) is 31.1 Å². The standard InChI is InChI=1S/C28H31N3OS/c1-5-30(6-2)16-17-31(28-29-25-19-20(3)18-21(4)26(25)33-28)27(32)24-14-12-23(13-15-24)22-10-8-7-9-11-22/h7-15,18-19H,5-6,16-17H2,1-4H3. The van der Waals surface area contributed by atoms with Crippen molar-refractivity contribution in [1.29, 1.82) is 0 Å². The second-order valence-electron chi connectivity index (χ2n) is 8.35. The maximum atomic E-state index is 13.7. The van der Waals surface area contributed by atoms with Crippen LogP contribution in [0.2, 0.25) is 0 Å². The second kappa shape index (κ2) is 10.3. The molecule has 0 bridgehead atoms. The summed E-state index contributed by atoms with van der Waals surface area (Å²) in [6.07, 6.45) is 0. The van der Waals surface area contributed by atoms with Gasteiger partial charge in [-0.1, -0.05) is 73.7 Å². The van der Waals surface area contributed by atoms with E-state index in [1.165, 1.54) is 11.1 Å². The average molecular weight is 458 g/mol. The van der Waals surface area contributed by atoms with Gasteiger partial charge < -0.3 is 4.90 Å². The molecule has 170 valence electrons. The van der Waals surface area contributed by atoms with Crippen LogP contribution in [0.25, 0.3) is 21.3 Å². The fourth-order valence-corrected chi connectivity index (χ4v) is 5.18. The summed E-state index contributed by atoms with van der Waals surface area (Å²) in [4.78, 5) is 22.8. The summed E-state index contributed by atoms with van der Waals surface area (Å²) in [7, 11) is 0. The Kier molecular flexibility index (Phi) is 7.21. The van der Waals surface area contributed by atoms with Crippen LogP contribution in [-0.2, 0) is 0 Å². The van der Waals surface area contributed by atoms with Gasteiger partial charge in [-0.05, 0) is 67.4 Å². The Hall–Kier alpha value is -3.02. The van der Waals surface area contributed by atoms with E-state index in [1.54, 1.807) is 11.3 Å². The molecule has 1 amide bonds. The van der Waals surface area contributed by atoms with Gasteiger partial charge >= 0.3 is 0 Å². The Morgan fingerprint density at radius 2 is 1.55 bits per heavy atom. The van der Waals surface area contributed by atoms with E-state index in [-0.39, 0.29) is 5.91 Å². The minimum atomic E-state index is -0.00445. The number of anilines is 1. The number of aryl methyl sites for hydroxylation is 2. The first kappa shape index (κ1) is 23.1. The number of nitrogens with zero attached hydrogens (tertiary/aromatic N) is 3. The topological polar surface area (TPSA) is 36.4 Å². The molecule has 0 spiro atoms. The zero-order chi connectivity index (χ0) is 23.4. The highest BCUT2D eigenvalue weighted by molar-refractivity contribution is 7.22. The third-order valence-corrected chi connectivity index (χ3v) is 7.29. The van der Waals surface area contributed by atoms with Crippen molar-refractivity contribution in [3.63, 3.8) is 0 Å². The van der Waals surface area contributed by atoms with Gasteiger partial charge in [0.1, 0.15) is 0 Å². The number of carbonyl (C=O) groups excluding carboxylic acids is 1. The number of hydrogen-bond acceptors (Lipinski definition) is 4. The molecule has 4 rings (SSSR count). The molecule has 3 aromatic carbocycles. The maximum Gasteiger partial charge on any atom is 0.260 e. The molecule has 0 fully saturated rings. The molecular weight excluding hydrogens is 426 g/mol. The number of aromatic nitrogens is 1. The lowest BCUT2D eigenvalue weighted by molar-refractivity contribution is 0.0984. The van der Waals surface area contributed by atoms with E-state index >= 15 is 0 Å². The lowest BCUT2D eigenvalue weighted by Gasteiger charge is -2.24. The normalized spacial score (nSPS) is 11.3. The molecule has 0 aliphatic rings. The summed E-state index contributed by atoms with van der Waals surface area (Å²) in [6.45, 7) is 11.9. The first-order chi connectivity index (χ1) is 16.0. The van der Waals surface area contributed by atoms with Crippen LogP contribution in [0.4, 0.5) is 5.13 Å². The van der Waals surface area contributed by atoms with Crippen molar-refractivity contribution in [3.8, 4) is 11.1 Å². The molecule has 0 unspecified atom stereocenters. The molecule has 1 heterocycles. The van der Waals surface area contributed by atoms with E-state index < -0.39 is 0 Å². The van der Waals surface area contributed by atoms with E-state index in [0.717, 1.165) is 46.1 Å². The Morgan fingerprint density at radius 1 is 0.879 bits per heavy atom. The lowest BCUT2D eigenvalue weighted by Crippen LogP contribution is -2.38. The second-order valence-corrected chi connectivity index (χ2v) is 9.33. The average Bonchev–Trinajstić information content (AvgIpc) is 3.26. The Bertz CT molecular complexity index is 1230. The first-order valence-electron chi connectivity index (χ1n) is 11.6. The van der Waals surface area contributed by atoms with Gasteiger partial charge in [0.25, 0.3) is 5.91 Å². The van der Waals surface area contributed by atoms with Gasteiger partial charge in [-0.15, -0.1) is 0 Å². The summed E-state index contributed by atoms with van der Waals surface area (Å²) < 4.78 is 1.15. The van der Waals surface area contributed by atoms with Crippen LogP contribution >= 0.6 is 11.3 Å². The largest absolute Gasteiger partial charge is 0.302 e. The van der Waals surface area contributed by atoms with Gasteiger partial charge in [-0.3, -0.25) is 9.69 Å². The Balaban J connectivity index is 1.67. The maximum absolute atomic E-state index is 13.7. The fourth-order valence-electron chi connectivity index (χ4n) is 4.14. The number of benzene rings is 3. The van der Waals surface area contributed by atoms with Crippen LogP contribution in [0.1, 0.15) is 35.3 Å². The molecule has 0 aliphatic heterocycles. The predicted molar refractivity (Wildman–Crippen MR) is 140 cm³/mol. The fraction of sp³-hybridized carbons (Fsp3) is 0.286. The quantitative estimate of drug-likeness (QED) is 0.300. The summed E-state index contributed by atoms with van der Waals surface area (Å²) in [5.41, 5.74) is 6.29. The molecular formula is C28H31N3OS. The van der Waals surface area contributed by atoms with Gasteiger partial charge in [0.15, 0.2) is 5.13 Å². The van der Waals surface area contributed by atoms with E-state index in [4.69, 9.17) is 4.98 Å². The number of rotatable bonds is 8. The number of carbonyl (C=O) groups is 1. The molecule has 0 saturated heterocycles. The molecule has 33 heavy (non-hydrogen) atoms. The highest BCUT2D eigenvalue weighted by Gasteiger charge is 2.22. The zero-order valence-corrected chi connectivity index (χ0v) is 20.7. The van der Waals surface area contributed by atoms with E-state index in [9.17, 15) is 4.79 Å². The van der Waals surface area contributed by atoms with Crippen molar-refractivity contribution in [2.45, 2.75) is 27.7 Å². The molecule has 0 saturated carbocycles. The Morgan fingerprint density at radius 3 is 2.21 bits per heavy atom. The lowest BCUT2D eigenvalue weighted by atomic mass is 10.0. The van der Waals surface area contributed by atoms with Crippen molar-refractivity contribution in [3.05, 3.63) is 83.4 Å². The highest BCUT2D eigenvalue weighted by Crippen LogP contribution is 2.33. The van der Waals surface area contributed by atoms with E-state index in [0.29, 0.717) is 12.1 Å². The molecule has 5 heteroatoms. The Labute approximate surface area is 200 Å². The van der Waals surface area contributed by atoms with Gasteiger partial charge in [-0.2, -0.15) is 0 Å². The summed E-state index contributed by atoms with van der Waals surface area (Å²) in [5.74, 6) is -0.00445. The van der Waals surface area contributed by atoms with Gasteiger partial charge in [0, 0.05) is 18.7 Å². The summed E-state index contributed by atoms with van der Waals surface area (Å²) in [5, 5.41) is 0.767. The minimum Gasteiger partial charge on any atom is -0.302 e. The highest BCUT2D eigenvalue weighted by atomic mass is 32.1. The van der Waals surface area contributed by atoms with Crippen molar-refractivity contribution < 1.29 is 4.79 Å². The van der Waals surface area contributed by atoms with Crippen LogP contribution in [0.15, 0.2) is 66.7 Å². The van der Waals surface area contributed by atoms with Crippen molar-refractivity contribution >= 4 is 32.6 Å². The minimum absolute atomic E-state index is 0.00445. The molecule has 0 aliphatic carbocycles.